The fourth-order valence-electron chi connectivity index (χ4n) is 2.94. The predicted octanol–water partition coefficient (Wildman–Crippen LogP) is 2.80. The van der Waals surface area contributed by atoms with E-state index in [-0.39, 0.29) is 15.6 Å². The molecule has 2 aromatic carbocycles. The monoisotopic (exact) mass is 493 g/mol. The highest BCUT2D eigenvalue weighted by atomic mass is 32.3. The van der Waals surface area contributed by atoms with Crippen molar-refractivity contribution in [1.82, 2.24) is 10.5 Å². The van der Waals surface area contributed by atoms with E-state index >= 15 is 0 Å². The number of hydrogen-bond donors (Lipinski definition) is 1. The van der Waals surface area contributed by atoms with E-state index in [0.717, 1.165) is 5.69 Å². The van der Waals surface area contributed by atoms with Crippen LogP contribution in [0.15, 0.2) is 92.3 Å². The smallest absolute Gasteiger partial charge is 0.228 e. The first-order valence-electron chi connectivity index (χ1n) is 9.63. The topological polar surface area (TPSA) is 119 Å². The molecule has 1 N–H and O–H groups in total. The van der Waals surface area contributed by atoms with Crippen LogP contribution in [0.5, 0.6) is 0 Å². The molecule has 0 fully saturated rings. The molecule has 32 heavy (non-hydrogen) atoms. The van der Waals surface area contributed by atoms with Gasteiger partial charge in [-0.1, -0.05) is 41.6 Å². The lowest BCUT2D eigenvalue weighted by molar-refractivity contribution is 0.414. The summed E-state index contributed by atoms with van der Waals surface area (Å²) in [4.78, 5) is 3.85. The van der Waals surface area contributed by atoms with Crippen LogP contribution in [0, 0.1) is 0 Å². The zero-order valence-electron chi connectivity index (χ0n) is 17.3. The fraction of sp³-hybridized carbons (Fsp3) is 0.238. The van der Waals surface area contributed by atoms with Gasteiger partial charge in [-0.25, -0.2) is 16.8 Å². The van der Waals surface area contributed by atoms with Gasteiger partial charge in [-0.3, -0.25) is 4.99 Å². The molecule has 1 heterocycles. The summed E-state index contributed by atoms with van der Waals surface area (Å²) in [6.45, 7) is 0.320. The highest BCUT2D eigenvalue weighted by Crippen LogP contribution is 2.26. The minimum atomic E-state index is -4.31. The number of benzene rings is 2. The van der Waals surface area contributed by atoms with Gasteiger partial charge in [0.15, 0.2) is 0 Å². The van der Waals surface area contributed by atoms with E-state index in [1.54, 1.807) is 54.2 Å². The molecule has 8 nitrogen and oxygen atoms in total. The number of sulfone groups is 2. The van der Waals surface area contributed by atoms with E-state index in [1.807, 2.05) is 0 Å². The molecule has 0 saturated carbocycles. The molecule has 11 heteroatoms. The van der Waals surface area contributed by atoms with Crippen molar-refractivity contribution in [2.45, 2.75) is 20.1 Å². The lowest BCUT2D eigenvalue weighted by atomic mass is 10.4. The SMILES string of the molecule is CN=C(NCCSCc1ccon1)C(S(=O)(=O)c1ccccc1)S(=O)(=O)c1ccccc1. The van der Waals surface area contributed by atoms with Crippen molar-refractivity contribution in [2.24, 2.45) is 4.99 Å². The first-order valence-corrected chi connectivity index (χ1v) is 13.9. The minimum Gasteiger partial charge on any atom is -0.371 e. The Morgan fingerprint density at radius 1 is 0.969 bits per heavy atom. The van der Waals surface area contributed by atoms with Crippen LogP contribution in [-0.2, 0) is 25.4 Å². The largest absolute Gasteiger partial charge is 0.371 e. The van der Waals surface area contributed by atoms with Crippen LogP contribution in [0.2, 0.25) is 0 Å². The third kappa shape index (κ3) is 5.59. The van der Waals surface area contributed by atoms with Gasteiger partial charge >= 0.3 is 0 Å². The van der Waals surface area contributed by atoms with E-state index in [1.165, 1.54) is 37.6 Å². The Balaban J connectivity index is 1.87. The van der Waals surface area contributed by atoms with Crippen LogP contribution in [0.1, 0.15) is 5.69 Å². The van der Waals surface area contributed by atoms with Gasteiger partial charge in [-0.05, 0) is 24.3 Å². The molecule has 1 aromatic heterocycles. The Bertz CT molecular complexity index is 1160. The van der Waals surface area contributed by atoms with Gasteiger partial charge in [0.1, 0.15) is 12.1 Å². The van der Waals surface area contributed by atoms with Gasteiger partial charge in [-0.15, -0.1) is 0 Å². The summed E-state index contributed by atoms with van der Waals surface area (Å²) in [6.07, 6.45) is 1.49. The van der Waals surface area contributed by atoms with E-state index in [2.05, 4.69) is 15.5 Å². The molecule has 0 saturated heterocycles. The van der Waals surface area contributed by atoms with Gasteiger partial charge in [0.25, 0.3) is 0 Å². The van der Waals surface area contributed by atoms with Crippen molar-refractivity contribution in [3.63, 3.8) is 0 Å². The second kappa shape index (κ2) is 10.8. The van der Waals surface area contributed by atoms with Crippen molar-refractivity contribution in [3.8, 4) is 0 Å². The van der Waals surface area contributed by atoms with Crippen LogP contribution in [0.4, 0.5) is 0 Å². The minimum absolute atomic E-state index is 0.0899. The van der Waals surface area contributed by atoms with Crippen LogP contribution >= 0.6 is 11.8 Å². The Morgan fingerprint density at radius 2 is 1.53 bits per heavy atom. The number of aromatic nitrogens is 1. The molecule has 0 unspecified atom stereocenters. The summed E-state index contributed by atoms with van der Waals surface area (Å²) in [7, 11) is -7.24. The van der Waals surface area contributed by atoms with Crippen molar-refractivity contribution in [1.29, 1.82) is 0 Å². The molecule has 0 amide bonds. The maximum absolute atomic E-state index is 13.5. The summed E-state index contributed by atoms with van der Waals surface area (Å²) in [5.74, 6) is 1.07. The molecular weight excluding hydrogens is 470 g/mol. The number of nitrogens with one attached hydrogen (secondary N) is 1. The summed E-state index contributed by atoms with van der Waals surface area (Å²) in [6, 6.07) is 16.8. The lowest BCUT2D eigenvalue weighted by Crippen LogP contribution is -2.45. The van der Waals surface area contributed by atoms with Crippen LogP contribution in [0.3, 0.4) is 0 Å². The van der Waals surface area contributed by atoms with Crippen LogP contribution in [-0.4, -0.2) is 51.8 Å². The van der Waals surface area contributed by atoms with Crippen molar-refractivity contribution >= 4 is 37.3 Å². The molecule has 0 spiro atoms. The Kier molecular flexibility index (Phi) is 8.10. The van der Waals surface area contributed by atoms with Crippen LogP contribution in [0.25, 0.3) is 0 Å². The molecule has 0 bridgehead atoms. The number of nitrogens with zero attached hydrogens (tertiary/aromatic N) is 2. The van der Waals surface area contributed by atoms with Gasteiger partial charge in [-0.2, -0.15) is 11.8 Å². The maximum atomic E-state index is 13.5. The maximum Gasteiger partial charge on any atom is 0.228 e. The van der Waals surface area contributed by atoms with Gasteiger partial charge < -0.3 is 9.84 Å². The summed E-state index contributed by atoms with van der Waals surface area (Å²) in [5, 5.41) is 6.75. The van der Waals surface area contributed by atoms with Gasteiger partial charge in [0.2, 0.25) is 24.3 Å². The molecule has 0 aliphatic rings. The van der Waals surface area contributed by atoms with Gasteiger partial charge in [0.05, 0.1) is 15.5 Å². The third-order valence-electron chi connectivity index (χ3n) is 4.47. The lowest BCUT2D eigenvalue weighted by Gasteiger charge is -2.21. The zero-order valence-corrected chi connectivity index (χ0v) is 19.7. The van der Waals surface area contributed by atoms with Gasteiger partial charge in [0, 0.05) is 31.2 Å². The Hall–Kier alpha value is -2.63. The third-order valence-corrected chi connectivity index (χ3v) is 10.4. The summed E-state index contributed by atoms with van der Waals surface area (Å²) in [5.41, 5.74) is 0.788. The second-order valence-electron chi connectivity index (χ2n) is 6.63. The predicted molar refractivity (Wildman–Crippen MR) is 125 cm³/mol. The highest BCUT2D eigenvalue weighted by Gasteiger charge is 2.43. The summed E-state index contributed by atoms with van der Waals surface area (Å²) < 4.78 is 56.8. The van der Waals surface area contributed by atoms with E-state index in [4.69, 9.17) is 4.52 Å². The van der Waals surface area contributed by atoms with E-state index in [0.29, 0.717) is 18.1 Å². The molecule has 170 valence electrons. The van der Waals surface area contributed by atoms with Crippen molar-refractivity contribution < 1.29 is 21.4 Å². The fourth-order valence-corrected chi connectivity index (χ4v) is 8.22. The normalized spacial score (nSPS) is 12.8. The first-order chi connectivity index (χ1) is 15.4. The number of thioether (sulfide) groups is 1. The quantitative estimate of drug-likeness (QED) is 0.260. The molecule has 0 aliphatic carbocycles. The van der Waals surface area contributed by atoms with Crippen molar-refractivity contribution in [3.05, 3.63) is 78.7 Å². The average molecular weight is 494 g/mol. The molecule has 0 atom stereocenters. The Labute approximate surface area is 192 Å². The average Bonchev–Trinajstić information content (AvgIpc) is 3.32. The van der Waals surface area contributed by atoms with Crippen molar-refractivity contribution in [2.75, 3.05) is 19.3 Å². The molecule has 3 aromatic rings. The molecule has 0 aliphatic heterocycles. The number of hydrogen-bond acceptors (Lipinski definition) is 8. The Morgan fingerprint density at radius 3 is 2.00 bits per heavy atom. The molecular formula is C21H23N3O5S3. The number of amidine groups is 1. The molecule has 0 radical (unpaired) electrons. The highest BCUT2D eigenvalue weighted by molar-refractivity contribution is 8.10. The van der Waals surface area contributed by atoms with E-state index in [9.17, 15) is 16.8 Å². The van der Waals surface area contributed by atoms with E-state index < -0.39 is 24.3 Å². The molecule has 3 rings (SSSR count). The first kappa shape index (κ1) is 24.0. The summed E-state index contributed by atoms with van der Waals surface area (Å²) >= 11 is 1.54. The standard InChI is InChI=1S/C21H23N3O5S3/c1-22-20(23-13-15-30-16-17-12-14-29-24-17)21(31(25,26)18-8-4-2-5-9-18)32(27,28)19-10-6-3-7-11-19/h2-12,14,21H,13,15-16H2,1H3,(H,22,23). The number of aliphatic imine (C=N–C) groups is 1. The van der Waals surface area contributed by atoms with Crippen LogP contribution < -0.4 is 5.32 Å². The number of rotatable bonds is 10. The second-order valence-corrected chi connectivity index (χ2v) is 12.1. The zero-order chi connectivity index (χ0) is 23.0.